The van der Waals surface area contributed by atoms with Gasteiger partial charge in [0.1, 0.15) is 6.04 Å². The molecule has 0 saturated carbocycles. The number of hydrogen-bond acceptors (Lipinski definition) is 6. The Balaban J connectivity index is 2.04. The molecule has 1 aliphatic rings. The van der Waals surface area contributed by atoms with E-state index in [2.05, 4.69) is 10.6 Å². The van der Waals surface area contributed by atoms with Crippen molar-refractivity contribution in [2.45, 2.75) is 12.2 Å². The third kappa shape index (κ3) is 3.31. The van der Waals surface area contributed by atoms with Crippen molar-refractivity contribution in [3.05, 3.63) is 42.0 Å². The van der Waals surface area contributed by atoms with Crippen LogP contribution in [0.15, 0.2) is 36.4 Å². The van der Waals surface area contributed by atoms with Crippen LogP contribution < -0.4 is 24.8 Å². The van der Waals surface area contributed by atoms with Crippen molar-refractivity contribution in [2.75, 3.05) is 27.9 Å². The maximum Gasteiger partial charge on any atom is 0.322 e. The third-order valence-corrected chi connectivity index (χ3v) is 4.44. The van der Waals surface area contributed by atoms with Crippen molar-refractivity contribution in [3.63, 3.8) is 0 Å². The summed E-state index contributed by atoms with van der Waals surface area (Å²) in [6.45, 7) is 0.365. The molecule has 2 unspecified atom stereocenters. The Labute approximate surface area is 151 Å². The van der Waals surface area contributed by atoms with E-state index in [1.807, 2.05) is 36.4 Å². The molecule has 0 aromatic heterocycles. The molecule has 2 aromatic carbocycles. The van der Waals surface area contributed by atoms with Crippen molar-refractivity contribution >= 4 is 5.97 Å². The smallest absolute Gasteiger partial charge is 0.322 e. The highest BCUT2D eigenvalue weighted by Gasteiger charge is 2.30. The molecule has 138 valence electrons. The molecule has 0 amide bonds. The molecule has 0 aliphatic carbocycles. The van der Waals surface area contributed by atoms with Crippen molar-refractivity contribution in [3.8, 4) is 28.4 Å². The summed E-state index contributed by atoms with van der Waals surface area (Å²) in [6, 6.07) is 10.9. The van der Waals surface area contributed by atoms with Gasteiger partial charge in [-0.15, -0.1) is 0 Å². The normalized spacial score (nSPS) is 19.2. The summed E-state index contributed by atoms with van der Waals surface area (Å²) in [5, 5.41) is 15.5. The van der Waals surface area contributed by atoms with Crippen LogP contribution in [0.1, 0.15) is 11.7 Å². The standard InChI is InChI=1S/C19H22N2O5/c1-24-15-8-11(9-16(25-2)17(15)26-3)12-6-4-5-7-13(12)18-20-10-14(21-18)19(22)23/h4-9,14,18,20-21H,10H2,1-3H3,(H,22,23). The second-order valence-corrected chi connectivity index (χ2v) is 5.90. The molecular weight excluding hydrogens is 336 g/mol. The zero-order valence-electron chi connectivity index (χ0n) is 14.9. The van der Waals surface area contributed by atoms with Gasteiger partial charge in [-0.25, -0.2) is 0 Å². The molecule has 2 aromatic rings. The van der Waals surface area contributed by atoms with Crippen LogP contribution in [0.3, 0.4) is 0 Å². The lowest BCUT2D eigenvalue weighted by atomic mass is 9.97. The Morgan fingerprint density at radius 1 is 1.08 bits per heavy atom. The lowest BCUT2D eigenvalue weighted by Gasteiger charge is -2.19. The maximum absolute atomic E-state index is 11.2. The summed E-state index contributed by atoms with van der Waals surface area (Å²) in [6.07, 6.45) is -0.258. The van der Waals surface area contributed by atoms with Crippen LogP contribution in [0.25, 0.3) is 11.1 Å². The minimum atomic E-state index is -0.870. The van der Waals surface area contributed by atoms with E-state index in [9.17, 15) is 9.90 Å². The number of methoxy groups -OCH3 is 3. The predicted molar refractivity (Wildman–Crippen MR) is 96.8 cm³/mol. The number of carboxylic acid groups (broad SMARTS) is 1. The Morgan fingerprint density at radius 2 is 1.73 bits per heavy atom. The molecule has 3 N–H and O–H groups in total. The van der Waals surface area contributed by atoms with E-state index in [4.69, 9.17) is 14.2 Å². The van der Waals surface area contributed by atoms with Gasteiger partial charge in [0.05, 0.1) is 27.5 Å². The number of carbonyl (C=O) groups is 1. The van der Waals surface area contributed by atoms with Gasteiger partial charge in [-0.3, -0.25) is 15.4 Å². The van der Waals surface area contributed by atoms with Crippen LogP contribution in [0.4, 0.5) is 0 Å². The first-order valence-corrected chi connectivity index (χ1v) is 8.20. The van der Waals surface area contributed by atoms with Crippen LogP contribution in [-0.2, 0) is 4.79 Å². The van der Waals surface area contributed by atoms with Gasteiger partial charge in [0.2, 0.25) is 5.75 Å². The van der Waals surface area contributed by atoms with E-state index in [1.165, 1.54) is 0 Å². The van der Waals surface area contributed by atoms with Crippen molar-refractivity contribution in [1.82, 2.24) is 10.6 Å². The highest BCUT2D eigenvalue weighted by atomic mass is 16.5. The SMILES string of the molecule is COc1cc(-c2ccccc2C2NCC(C(=O)O)N2)cc(OC)c1OC. The topological polar surface area (TPSA) is 89.1 Å². The lowest BCUT2D eigenvalue weighted by Crippen LogP contribution is -2.33. The van der Waals surface area contributed by atoms with Crippen molar-refractivity contribution in [2.24, 2.45) is 0 Å². The van der Waals surface area contributed by atoms with E-state index >= 15 is 0 Å². The highest BCUT2D eigenvalue weighted by molar-refractivity contribution is 5.76. The molecule has 1 saturated heterocycles. The number of aliphatic carboxylic acids is 1. The molecule has 2 atom stereocenters. The van der Waals surface area contributed by atoms with Gasteiger partial charge in [-0.2, -0.15) is 0 Å². The Morgan fingerprint density at radius 3 is 2.27 bits per heavy atom. The van der Waals surface area contributed by atoms with Gasteiger partial charge in [0, 0.05) is 6.54 Å². The van der Waals surface area contributed by atoms with Gasteiger partial charge in [0.15, 0.2) is 11.5 Å². The summed E-state index contributed by atoms with van der Waals surface area (Å²) in [5.74, 6) is 0.782. The number of ether oxygens (including phenoxy) is 3. The Bertz CT molecular complexity index is 783. The summed E-state index contributed by atoms with van der Waals surface area (Å²) in [7, 11) is 4.71. The largest absolute Gasteiger partial charge is 0.493 e. The molecule has 7 heteroatoms. The van der Waals surface area contributed by atoms with Crippen LogP contribution >= 0.6 is 0 Å². The second kappa shape index (κ2) is 7.63. The average Bonchev–Trinajstić information content (AvgIpc) is 3.17. The monoisotopic (exact) mass is 358 g/mol. The van der Waals surface area contributed by atoms with Crippen molar-refractivity contribution in [1.29, 1.82) is 0 Å². The minimum absolute atomic E-state index is 0.258. The van der Waals surface area contributed by atoms with E-state index in [0.29, 0.717) is 23.8 Å². The summed E-state index contributed by atoms with van der Waals surface area (Å²) in [5.41, 5.74) is 2.78. The van der Waals surface area contributed by atoms with Crippen LogP contribution in [0.5, 0.6) is 17.2 Å². The molecule has 0 radical (unpaired) electrons. The zero-order chi connectivity index (χ0) is 18.7. The molecular formula is C19H22N2O5. The fourth-order valence-corrected chi connectivity index (χ4v) is 3.16. The molecule has 26 heavy (non-hydrogen) atoms. The first-order chi connectivity index (χ1) is 12.6. The van der Waals surface area contributed by atoms with Gasteiger partial charge >= 0.3 is 5.97 Å². The van der Waals surface area contributed by atoms with Crippen molar-refractivity contribution < 1.29 is 24.1 Å². The van der Waals surface area contributed by atoms with E-state index in [0.717, 1.165) is 16.7 Å². The summed E-state index contributed by atoms with van der Waals surface area (Å²) >= 11 is 0. The highest BCUT2D eigenvalue weighted by Crippen LogP contribution is 2.42. The van der Waals surface area contributed by atoms with Gasteiger partial charge in [-0.1, -0.05) is 24.3 Å². The fourth-order valence-electron chi connectivity index (χ4n) is 3.16. The fraction of sp³-hybridized carbons (Fsp3) is 0.316. The first kappa shape index (κ1) is 18.0. The second-order valence-electron chi connectivity index (χ2n) is 5.90. The van der Waals surface area contributed by atoms with E-state index in [1.54, 1.807) is 21.3 Å². The first-order valence-electron chi connectivity index (χ1n) is 8.20. The predicted octanol–water partition coefficient (Wildman–Crippen LogP) is 2.02. The number of hydrogen-bond donors (Lipinski definition) is 3. The third-order valence-electron chi connectivity index (χ3n) is 4.44. The maximum atomic E-state index is 11.2. The quantitative estimate of drug-likeness (QED) is 0.728. The molecule has 0 spiro atoms. The molecule has 7 nitrogen and oxygen atoms in total. The molecule has 1 fully saturated rings. The average molecular weight is 358 g/mol. The van der Waals surface area contributed by atoms with Crippen LogP contribution in [0, 0.1) is 0 Å². The zero-order valence-corrected chi connectivity index (χ0v) is 14.9. The van der Waals surface area contributed by atoms with Crippen LogP contribution in [0.2, 0.25) is 0 Å². The van der Waals surface area contributed by atoms with Gasteiger partial charge in [0.25, 0.3) is 0 Å². The molecule has 3 rings (SSSR count). The Kier molecular flexibility index (Phi) is 5.29. The number of rotatable bonds is 6. The van der Waals surface area contributed by atoms with E-state index < -0.39 is 12.0 Å². The number of benzene rings is 2. The number of carboxylic acids is 1. The molecule has 1 aliphatic heterocycles. The van der Waals surface area contributed by atoms with Gasteiger partial charge in [-0.05, 0) is 28.8 Å². The lowest BCUT2D eigenvalue weighted by molar-refractivity contribution is -0.138. The summed E-state index contributed by atoms with van der Waals surface area (Å²) in [4.78, 5) is 11.2. The minimum Gasteiger partial charge on any atom is -0.493 e. The molecule has 0 bridgehead atoms. The summed E-state index contributed by atoms with van der Waals surface area (Å²) < 4.78 is 16.3. The van der Waals surface area contributed by atoms with Gasteiger partial charge < -0.3 is 19.3 Å². The van der Waals surface area contributed by atoms with Crippen LogP contribution in [-0.4, -0.2) is 45.0 Å². The van der Waals surface area contributed by atoms with E-state index in [-0.39, 0.29) is 6.17 Å². The number of nitrogens with one attached hydrogen (secondary N) is 2. The molecule has 1 heterocycles. The Hall–Kier alpha value is -2.77.